The first-order chi connectivity index (χ1) is 10.8. The molecule has 3 N–H and O–H groups in total. The van der Waals surface area contributed by atoms with Crippen LogP contribution in [0, 0.1) is 36.2 Å². The van der Waals surface area contributed by atoms with Crippen LogP contribution in [0.1, 0.15) is 28.4 Å². The molecule has 0 fully saturated rings. The molecule has 118 valence electrons. The zero-order valence-corrected chi connectivity index (χ0v) is 12.4. The van der Waals surface area contributed by atoms with Crippen molar-refractivity contribution >= 4 is 17.3 Å². The molecule has 6 heteroatoms. The Hall–Kier alpha value is -2.94. The van der Waals surface area contributed by atoms with Crippen molar-refractivity contribution in [2.24, 2.45) is 5.73 Å². The first kappa shape index (κ1) is 16.4. The van der Waals surface area contributed by atoms with Crippen LogP contribution in [-0.4, -0.2) is 5.91 Å². The van der Waals surface area contributed by atoms with Crippen LogP contribution in [0.15, 0.2) is 24.3 Å². The van der Waals surface area contributed by atoms with Crippen molar-refractivity contribution in [2.45, 2.75) is 13.8 Å². The highest BCUT2D eigenvalue weighted by atomic mass is 19.2. The van der Waals surface area contributed by atoms with Crippen LogP contribution in [0.5, 0.6) is 0 Å². The third-order valence-corrected chi connectivity index (χ3v) is 3.11. The van der Waals surface area contributed by atoms with E-state index in [0.717, 1.165) is 6.07 Å². The minimum Gasteiger partial charge on any atom is -0.365 e. The van der Waals surface area contributed by atoms with E-state index in [0.29, 0.717) is 5.56 Å². The van der Waals surface area contributed by atoms with E-state index in [4.69, 9.17) is 5.73 Å². The maximum Gasteiger partial charge on any atom is 0.252 e. The van der Waals surface area contributed by atoms with E-state index in [1.54, 1.807) is 13.0 Å². The number of carbonyl (C=O) groups is 1. The summed E-state index contributed by atoms with van der Waals surface area (Å²) in [6, 6.07) is 4.93. The first-order valence-corrected chi connectivity index (χ1v) is 6.63. The Bertz CT molecular complexity index is 851. The number of carbonyl (C=O) groups excluding carboxylic acids is 1. The number of benzene rings is 2. The minimum absolute atomic E-state index is 0.0751. The molecule has 0 bridgehead atoms. The summed E-state index contributed by atoms with van der Waals surface area (Å²) >= 11 is 0. The molecule has 0 spiro atoms. The van der Waals surface area contributed by atoms with Gasteiger partial charge < -0.3 is 11.1 Å². The van der Waals surface area contributed by atoms with E-state index in [1.807, 2.05) is 0 Å². The van der Waals surface area contributed by atoms with E-state index in [9.17, 15) is 18.0 Å². The van der Waals surface area contributed by atoms with Crippen molar-refractivity contribution < 1.29 is 18.0 Å². The number of nitrogens with one attached hydrogen (secondary N) is 1. The number of rotatable bonds is 3. The molecule has 0 saturated carbocycles. The van der Waals surface area contributed by atoms with Crippen LogP contribution < -0.4 is 11.1 Å². The molecule has 0 unspecified atom stereocenters. The van der Waals surface area contributed by atoms with Crippen LogP contribution in [0.3, 0.4) is 0 Å². The molecule has 0 radical (unpaired) electrons. The van der Waals surface area contributed by atoms with Crippen molar-refractivity contribution in [3.63, 3.8) is 0 Å². The lowest BCUT2D eigenvalue weighted by Crippen LogP contribution is -2.17. The van der Waals surface area contributed by atoms with Gasteiger partial charge in [0, 0.05) is 5.56 Å². The zero-order chi connectivity index (χ0) is 17.1. The molecule has 3 nitrogen and oxygen atoms in total. The molecule has 0 aliphatic carbocycles. The van der Waals surface area contributed by atoms with E-state index in [-0.39, 0.29) is 16.8 Å². The van der Waals surface area contributed by atoms with Crippen molar-refractivity contribution in [2.75, 3.05) is 5.32 Å². The Balaban J connectivity index is 2.68. The highest BCUT2D eigenvalue weighted by Crippen LogP contribution is 2.30. The summed E-state index contributed by atoms with van der Waals surface area (Å²) < 4.78 is 41.8. The number of primary amides is 1. The summed E-state index contributed by atoms with van der Waals surface area (Å²) in [5.41, 5.74) is 4.84. The van der Waals surface area contributed by atoms with Gasteiger partial charge in [-0.15, -0.1) is 5.92 Å². The lowest BCUT2D eigenvalue weighted by molar-refractivity contribution is 0.100. The molecule has 2 aromatic rings. The SMILES string of the molecule is CC#Cc1cc(F)c(F)c(Nc2ccc(C)cc2F)c1C(N)=O. The molecule has 1 amide bonds. The fourth-order valence-corrected chi connectivity index (χ4v) is 2.09. The summed E-state index contributed by atoms with van der Waals surface area (Å²) in [6.07, 6.45) is 0. The van der Waals surface area contributed by atoms with Gasteiger partial charge in [0.25, 0.3) is 5.91 Å². The molecule has 0 atom stereocenters. The third kappa shape index (κ3) is 3.29. The quantitative estimate of drug-likeness (QED) is 0.849. The summed E-state index contributed by atoms with van der Waals surface area (Å²) in [4.78, 5) is 11.6. The fourth-order valence-electron chi connectivity index (χ4n) is 2.09. The largest absolute Gasteiger partial charge is 0.365 e. The number of halogens is 3. The molecule has 0 aliphatic rings. The van der Waals surface area contributed by atoms with Gasteiger partial charge in [-0.25, -0.2) is 13.2 Å². The Morgan fingerprint density at radius 1 is 1.17 bits per heavy atom. The Labute approximate surface area is 131 Å². The lowest BCUT2D eigenvalue weighted by Gasteiger charge is -2.14. The molecule has 2 rings (SSSR count). The minimum atomic E-state index is -1.33. The van der Waals surface area contributed by atoms with E-state index in [2.05, 4.69) is 17.2 Å². The molecule has 0 aromatic heterocycles. The Morgan fingerprint density at radius 2 is 1.87 bits per heavy atom. The smallest absolute Gasteiger partial charge is 0.252 e. The first-order valence-electron chi connectivity index (χ1n) is 6.63. The highest BCUT2D eigenvalue weighted by Gasteiger charge is 2.22. The van der Waals surface area contributed by atoms with Gasteiger partial charge in [-0.05, 0) is 37.6 Å². The second kappa shape index (κ2) is 6.44. The summed E-state index contributed by atoms with van der Waals surface area (Å²) in [6.45, 7) is 3.15. The van der Waals surface area contributed by atoms with Gasteiger partial charge in [-0.2, -0.15) is 0 Å². The molecule has 0 heterocycles. The molecule has 0 aliphatic heterocycles. The number of aryl methyl sites for hydroxylation is 1. The van der Waals surface area contributed by atoms with E-state index < -0.39 is 29.0 Å². The summed E-state index contributed by atoms with van der Waals surface area (Å²) in [5, 5.41) is 2.40. The van der Waals surface area contributed by atoms with Gasteiger partial charge in [0.15, 0.2) is 11.6 Å². The van der Waals surface area contributed by atoms with E-state index >= 15 is 0 Å². The zero-order valence-electron chi connectivity index (χ0n) is 12.4. The standard InChI is InChI=1S/C17H13F3N2O/c1-3-4-10-8-12(19)15(20)16(14(10)17(21)23)22-13-6-5-9(2)7-11(13)18/h5-8,22H,1-2H3,(H2,21,23). The average molecular weight is 318 g/mol. The molecular formula is C17H13F3N2O. The van der Waals surface area contributed by atoms with Crippen LogP contribution in [-0.2, 0) is 0 Å². The lowest BCUT2D eigenvalue weighted by atomic mass is 10.0. The fraction of sp³-hybridized carbons (Fsp3) is 0.118. The highest BCUT2D eigenvalue weighted by molar-refractivity contribution is 6.02. The van der Waals surface area contributed by atoms with Crippen molar-refractivity contribution in [1.82, 2.24) is 0 Å². The number of anilines is 2. The van der Waals surface area contributed by atoms with Gasteiger partial charge in [0.05, 0.1) is 16.9 Å². The van der Waals surface area contributed by atoms with Gasteiger partial charge in [0.1, 0.15) is 5.82 Å². The van der Waals surface area contributed by atoms with Gasteiger partial charge in [-0.3, -0.25) is 4.79 Å². The predicted molar refractivity (Wildman–Crippen MR) is 81.8 cm³/mol. The maximum absolute atomic E-state index is 14.1. The second-order valence-corrected chi connectivity index (χ2v) is 4.82. The molecular weight excluding hydrogens is 305 g/mol. The monoisotopic (exact) mass is 318 g/mol. The van der Waals surface area contributed by atoms with Crippen molar-refractivity contribution in [1.29, 1.82) is 0 Å². The topological polar surface area (TPSA) is 55.1 Å². The summed E-state index contributed by atoms with van der Waals surface area (Å²) in [5.74, 6) is 0.742. The predicted octanol–water partition coefficient (Wildman–Crippen LogP) is 3.63. The second-order valence-electron chi connectivity index (χ2n) is 4.82. The van der Waals surface area contributed by atoms with Crippen molar-refractivity contribution in [3.8, 4) is 11.8 Å². The number of hydrogen-bond acceptors (Lipinski definition) is 2. The van der Waals surface area contributed by atoms with Crippen LogP contribution in [0.2, 0.25) is 0 Å². The normalized spacial score (nSPS) is 9.96. The van der Waals surface area contributed by atoms with Gasteiger partial charge in [-0.1, -0.05) is 12.0 Å². The molecule has 2 aromatic carbocycles. The van der Waals surface area contributed by atoms with Crippen molar-refractivity contribution in [3.05, 3.63) is 58.4 Å². The average Bonchev–Trinajstić information content (AvgIpc) is 2.46. The molecule has 0 saturated heterocycles. The van der Waals surface area contributed by atoms with Gasteiger partial charge in [0.2, 0.25) is 0 Å². The van der Waals surface area contributed by atoms with Crippen LogP contribution in [0.25, 0.3) is 0 Å². The third-order valence-electron chi connectivity index (χ3n) is 3.11. The maximum atomic E-state index is 14.1. The summed E-state index contributed by atoms with van der Waals surface area (Å²) in [7, 11) is 0. The Kier molecular flexibility index (Phi) is 4.60. The van der Waals surface area contributed by atoms with Crippen LogP contribution >= 0.6 is 0 Å². The molecule has 23 heavy (non-hydrogen) atoms. The van der Waals surface area contributed by atoms with Crippen LogP contribution in [0.4, 0.5) is 24.5 Å². The number of nitrogens with two attached hydrogens (primary N) is 1. The van der Waals surface area contributed by atoms with Gasteiger partial charge >= 0.3 is 0 Å². The van der Waals surface area contributed by atoms with E-state index in [1.165, 1.54) is 19.1 Å². The Morgan fingerprint density at radius 3 is 2.43 bits per heavy atom. The number of hydrogen-bond donors (Lipinski definition) is 2. The number of amides is 1.